The summed E-state index contributed by atoms with van der Waals surface area (Å²) in [6, 6.07) is 1.84. The minimum absolute atomic E-state index is 0.0317. The van der Waals surface area contributed by atoms with Gasteiger partial charge in [-0.25, -0.2) is 5.01 Å². The Morgan fingerprint density at radius 2 is 2.00 bits per heavy atom. The predicted molar refractivity (Wildman–Crippen MR) is 72.6 cm³/mol. The van der Waals surface area contributed by atoms with E-state index < -0.39 is 0 Å². The number of thiophene rings is 1. The van der Waals surface area contributed by atoms with Gasteiger partial charge in [0.15, 0.2) is 0 Å². The summed E-state index contributed by atoms with van der Waals surface area (Å²) in [5.41, 5.74) is 3.64. The molecule has 6 heteroatoms. The highest BCUT2D eigenvalue weighted by molar-refractivity contribution is 9.12. The summed E-state index contributed by atoms with van der Waals surface area (Å²) >= 11 is 8.28. The van der Waals surface area contributed by atoms with Crippen molar-refractivity contribution < 1.29 is 4.79 Å². The van der Waals surface area contributed by atoms with E-state index in [-0.39, 0.29) is 5.91 Å². The van der Waals surface area contributed by atoms with Crippen LogP contribution in [0.4, 0.5) is 0 Å². The van der Waals surface area contributed by atoms with Gasteiger partial charge in [-0.1, -0.05) is 6.42 Å². The maximum atomic E-state index is 12.0. The molecule has 0 radical (unpaired) electrons. The number of hydrogen-bond donors (Lipinski definition) is 1. The summed E-state index contributed by atoms with van der Waals surface area (Å²) in [6.45, 7) is 1.91. The summed E-state index contributed by atoms with van der Waals surface area (Å²) < 4.78 is 1.83. The molecule has 1 amide bonds. The molecular weight excluding hydrogens is 356 g/mol. The molecule has 0 unspecified atom stereocenters. The number of nitrogens with one attached hydrogen (secondary N) is 1. The molecule has 1 aliphatic heterocycles. The molecule has 0 saturated carbocycles. The van der Waals surface area contributed by atoms with Crippen molar-refractivity contribution in [2.45, 2.75) is 19.3 Å². The molecule has 0 aromatic carbocycles. The Bertz CT molecular complexity index is 388. The van der Waals surface area contributed by atoms with Crippen LogP contribution < -0.4 is 5.43 Å². The van der Waals surface area contributed by atoms with Crippen molar-refractivity contribution in [3.8, 4) is 0 Å². The Kier molecular flexibility index (Phi) is 4.41. The standard InChI is InChI=1S/C10H12Br2N2OS/c11-8-6-7(9(12)16-8)10(15)13-14-4-2-1-3-5-14/h6H,1-5H2,(H,13,15). The Labute approximate surface area is 115 Å². The van der Waals surface area contributed by atoms with E-state index in [2.05, 4.69) is 37.3 Å². The van der Waals surface area contributed by atoms with Crippen molar-refractivity contribution in [3.05, 3.63) is 19.2 Å². The highest BCUT2D eigenvalue weighted by Crippen LogP contribution is 2.31. The molecule has 16 heavy (non-hydrogen) atoms. The van der Waals surface area contributed by atoms with E-state index in [1.807, 2.05) is 11.1 Å². The number of carbonyl (C=O) groups excluding carboxylic acids is 1. The van der Waals surface area contributed by atoms with Gasteiger partial charge in [-0.3, -0.25) is 10.2 Å². The molecule has 1 aromatic rings. The van der Waals surface area contributed by atoms with Crippen LogP contribution in [0.3, 0.4) is 0 Å². The Hall–Kier alpha value is 0.0900. The van der Waals surface area contributed by atoms with E-state index >= 15 is 0 Å². The number of halogens is 2. The SMILES string of the molecule is O=C(NN1CCCCC1)c1cc(Br)sc1Br. The Balaban J connectivity index is 1.99. The summed E-state index contributed by atoms with van der Waals surface area (Å²) in [4.78, 5) is 12.0. The van der Waals surface area contributed by atoms with E-state index in [1.54, 1.807) is 0 Å². The van der Waals surface area contributed by atoms with Crippen molar-refractivity contribution in [2.75, 3.05) is 13.1 Å². The molecule has 0 spiro atoms. The van der Waals surface area contributed by atoms with Gasteiger partial charge >= 0.3 is 0 Å². The highest BCUT2D eigenvalue weighted by Gasteiger charge is 2.17. The minimum atomic E-state index is -0.0317. The number of piperidine rings is 1. The monoisotopic (exact) mass is 366 g/mol. The fourth-order valence-corrected chi connectivity index (χ4v) is 4.50. The van der Waals surface area contributed by atoms with E-state index in [0.717, 1.165) is 33.5 Å². The lowest BCUT2D eigenvalue weighted by Crippen LogP contribution is -2.45. The number of rotatable bonds is 2. The molecule has 88 valence electrons. The number of nitrogens with zero attached hydrogens (tertiary/aromatic N) is 1. The second-order valence-electron chi connectivity index (χ2n) is 3.73. The largest absolute Gasteiger partial charge is 0.285 e. The van der Waals surface area contributed by atoms with Crippen LogP contribution in [0.25, 0.3) is 0 Å². The smallest absolute Gasteiger partial charge is 0.267 e. The van der Waals surface area contributed by atoms with Crippen molar-refractivity contribution >= 4 is 49.1 Å². The van der Waals surface area contributed by atoms with Crippen LogP contribution in [0, 0.1) is 0 Å². The second kappa shape index (κ2) is 5.62. The average Bonchev–Trinajstić information content (AvgIpc) is 2.59. The lowest BCUT2D eigenvalue weighted by atomic mass is 10.2. The van der Waals surface area contributed by atoms with Crippen LogP contribution in [0.1, 0.15) is 29.6 Å². The van der Waals surface area contributed by atoms with Gasteiger partial charge in [0, 0.05) is 13.1 Å². The molecule has 1 N–H and O–H groups in total. The molecule has 0 atom stereocenters. The zero-order valence-corrected chi connectivity index (χ0v) is 12.6. The minimum Gasteiger partial charge on any atom is -0.285 e. The first kappa shape index (κ1) is 12.5. The number of carbonyl (C=O) groups is 1. The third-order valence-corrected chi connectivity index (χ3v) is 4.86. The first-order valence-electron chi connectivity index (χ1n) is 5.17. The highest BCUT2D eigenvalue weighted by atomic mass is 79.9. The lowest BCUT2D eigenvalue weighted by Gasteiger charge is -2.26. The van der Waals surface area contributed by atoms with Crippen LogP contribution >= 0.6 is 43.2 Å². The number of amides is 1. The molecule has 0 aliphatic carbocycles. The van der Waals surface area contributed by atoms with E-state index in [9.17, 15) is 4.79 Å². The average molecular weight is 368 g/mol. The van der Waals surface area contributed by atoms with Gasteiger partial charge in [-0.15, -0.1) is 11.3 Å². The van der Waals surface area contributed by atoms with Crippen LogP contribution in [-0.4, -0.2) is 24.0 Å². The molecule has 2 heterocycles. The van der Waals surface area contributed by atoms with Gasteiger partial charge in [0.2, 0.25) is 0 Å². The van der Waals surface area contributed by atoms with Crippen molar-refractivity contribution in [3.63, 3.8) is 0 Å². The molecule has 0 bridgehead atoms. The topological polar surface area (TPSA) is 32.3 Å². The third-order valence-electron chi connectivity index (χ3n) is 2.52. The normalized spacial score (nSPS) is 17.4. The summed E-state index contributed by atoms with van der Waals surface area (Å²) in [5.74, 6) is -0.0317. The fraction of sp³-hybridized carbons (Fsp3) is 0.500. The molecule has 1 fully saturated rings. The zero-order valence-electron chi connectivity index (χ0n) is 8.63. The maximum absolute atomic E-state index is 12.0. The fourth-order valence-electron chi connectivity index (χ4n) is 1.70. The first-order chi connectivity index (χ1) is 7.66. The van der Waals surface area contributed by atoms with Gasteiger partial charge in [-0.05, 0) is 50.8 Å². The van der Waals surface area contributed by atoms with Crippen LogP contribution in [0.2, 0.25) is 0 Å². The number of hydrazine groups is 1. The van der Waals surface area contributed by atoms with Gasteiger partial charge in [0.1, 0.15) is 0 Å². The lowest BCUT2D eigenvalue weighted by molar-refractivity contribution is 0.0750. The first-order valence-corrected chi connectivity index (χ1v) is 7.58. The van der Waals surface area contributed by atoms with Gasteiger partial charge in [0.05, 0.1) is 13.1 Å². The molecular formula is C10H12Br2N2OS. The summed E-state index contributed by atoms with van der Waals surface area (Å²) in [5, 5.41) is 2.00. The molecule has 1 aliphatic rings. The van der Waals surface area contributed by atoms with E-state index in [1.165, 1.54) is 17.8 Å². The maximum Gasteiger partial charge on any atom is 0.267 e. The third kappa shape index (κ3) is 3.06. The number of hydrogen-bond acceptors (Lipinski definition) is 3. The quantitative estimate of drug-likeness (QED) is 0.868. The van der Waals surface area contributed by atoms with Gasteiger partial charge < -0.3 is 0 Å². The van der Waals surface area contributed by atoms with E-state index in [0.29, 0.717) is 5.56 Å². The van der Waals surface area contributed by atoms with Gasteiger partial charge in [-0.2, -0.15) is 0 Å². The van der Waals surface area contributed by atoms with Crippen LogP contribution in [0.5, 0.6) is 0 Å². The molecule has 1 aromatic heterocycles. The molecule has 1 saturated heterocycles. The van der Waals surface area contributed by atoms with Crippen LogP contribution in [0.15, 0.2) is 13.6 Å². The molecule has 3 nitrogen and oxygen atoms in total. The van der Waals surface area contributed by atoms with Crippen molar-refractivity contribution in [2.24, 2.45) is 0 Å². The zero-order chi connectivity index (χ0) is 11.5. The Morgan fingerprint density at radius 3 is 2.56 bits per heavy atom. The Morgan fingerprint density at radius 1 is 1.31 bits per heavy atom. The van der Waals surface area contributed by atoms with Crippen molar-refractivity contribution in [1.29, 1.82) is 0 Å². The van der Waals surface area contributed by atoms with Crippen LogP contribution in [-0.2, 0) is 0 Å². The molecule has 2 rings (SSSR count). The predicted octanol–water partition coefficient (Wildman–Crippen LogP) is 3.40. The van der Waals surface area contributed by atoms with Gasteiger partial charge in [0.25, 0.3) is 5.91 Å². The summed E-state index contributed by atoms with van der Waals surface area (Å²) in [6.07, 6.45) is 3.59. The van der Waals surface area contributed by atoms with E-state index in [4.69, 9.17) is 0 Å². The summed E-state index contributed by atoms with van der Waals surface area (Å²) in [7, 11) is 0. The van der Waals surface area contributed by atoms with Crippen molar-refractivity contribution in [1.82, 2.24) is 10.4 Å². The second-order valence-corrected chi connectivity index (χ2v) is 7.48.